The number of carbonyl (C=O) groups is 1. The number of amides is 1. The Hall–Kier alpha value is -3.39. The van der Waals surface area contributed by atoms with Crippen molar-refractivity contribution < 1.29 is 18.8 Å². The summed E-state index contributed by atoms with van der Waals surface area (Å²) in [6.07, 6.45) is 0.911. The SMILES string of the molecule is CCCOc1ccccc1OCC(=O)N1CCN(Cc2nc(-c3ccc(C)cc3)no2)CC1. The number of nitrogens with zero attached hydrogens (tertiary/aromatic N) is 4. The number of hydrogen-bond acceptors (Lipinski definition) is 7. The molecule has 0 N–H and O–H groups in total. The lowest BCUT2D eigenvalue weighted by Gasteiger charge is -2.33. The number of ether oxygens (including phenoxy) is 2. The van der Waals surface area contributed by atoms with Crippen LogP contribution in [0.2, 0.25) is 0 Å². The molecule has 1 saturated heterocycles. The molecule has 3 aromatic rings. The van der Waals surface area contributed by atoms with E-state index in [9.17, 15) is 4.79 Å². The Morgan fingerprint density at radius 1 is 1.00 bits per heavy atom. The van der Waals surface area contributed by atoms with Crippen molar-refractivity contribution in [3.05, 3.63) is 60.0 Å². The molecular weight excluding hydrogens is 420 g/mol. The van der Waals surface area contributed by atoms with Crippen molar-refractivity contribution in [1.82, 2.24) is 19.9 Å². The van der Waals surface area contributed by atoms with E-state index in [2.05, 4.69) is 15.0 Å². The van der Waals surface area contributed by atoms with Crippen molar-refractivity contribution in [2.24, 2.45) is 0 Å². The number of para-hydroxylation sites is 2. The van der Waals surface area contributed by atoms with Crippen molar-refractivity contribution in [1.29, 1.82) is 0 Å². The number of piperazine rings is 1. The highest BCUT2D eigenvalue weighted by atomic mass is 16.5. The van der Waals surface area contributed by atoms with Crippen LogP contribution in [0.1, 0.15) is 24.8 Å². The Labute approximate surface area is 194 Å². The smallest absolute Gasteiger partial charge is 0.260 e. The fourth-order valence-electron chi connectivity index (χ4n) is 3.62. The van der Waals surface area contributed by atoms with Crippen LogP contribution in [0.5, 0.6) is 11.5 Å². The molecule has 8 heteroatoms. The largest absolute Gasteiger partial charge is 0.490 e. The van der Waals surface area contributed by atoms with Crippen molar-refractivity contribution in [2.45, 2.75) is 26.8 Å². The fraction of sp³-hybridized carbons (Fsp3) is 0.400. The molecule has 4 rings (SSSR count). The van der Waals surface area contributed by atoms with Gasteiger partial charge in [0.25, 0.3) is 5.91 Å². The Morgan fingerprint density at radius 3 is 2.39 bits per heavy atom. The van der Waals surface area contributed by atoms with Crippen LogP contribution in [0.15, 0.2) is 53.1 Å². The van der Waals surface area contributed by atoms with Gasteiger partial charge in [-0.25, -0.2) is 0 Å². The molecule has 174 valence electrons. The zero-order valence-corrected chi connectivity index (χ0v) is 19.2. The van der Waals surface area contributed by atoms with Gasteiger partial charge in [0.2, 0.25) is 11.7 Å². The van der Waals surface area contributed by atoms with Gasteiger partial charge in [-0.15, -0.1) is 0 Å². The first-order valence-electron chi connectivity index (χ1n) is 11.4. The average molecular weight is 451 g/mol. The van der Waals surface area contributed by atoms with Gasteiger partial charge in [-0.05, 0) is 25.5 Å². The first-order valence-corrected chi connectivity index (χ1v) is 11.4. The summed E-state index contributed by atoms with van der Waals surface area (Å²) >= 11 is 0. The number of carbonyl (C=O) groups excluding carboxylic acids is 1. The summed E-state index contributed by atoms with van der Waals surface area (Å²) in [7, 11) is 0. The number of aromatic nitrogens is 2. The molecule has 0 saturated carbocycles. The van der Waals surface area contributed by atoms with Crippen molar-refractivity contribution in [3.8, 4) is 22.9 Å². The topological polar surface area (TPSA) is 80.9 Å². The molecule has 0 spiro atoms. The summed E-state index contributed by atoms with van der Waals surface area (Å²) in [5.74, 6) is 2.41. The quantitative estimate of drug-likeness (QED) is 0.493. The molecule has 2 heterocycles. The van der Waals surface area contributed by atoms with Crippen LogP contribution < -0.4 is 9.47 Å². The Balaban J connectivity index is 1.24. The lowest BCUT2D eigenvalue weighted by Crippen LogP contribution is -2.49. The third kappa shape index (κ3) is 6.10. The van der Waals surface area contributed by atoms with Crippen LogP contribution in [0.25, 0.3) is 11.4 Å². The van der Waals surface area contributed by atoms with E-state index in [1.807, 2.05) is 67.3 Å². The Morgan fingerprint density at radius 2 is 1.70 bits per heavy atom. The third-order valence-corrected chi connectivity index (χ3v) is 5.52. The van der Waals surface area contributed by atoms with Crippen LogP contribution in [0, 0.1) is 6.92 Å². The summed E-state index contributed by atoms with van der Waals surface area (Å²) in [6.45, 7) is 8.02. The molecule has 0 bridgehead atoms. The number of hydrogen-bond donors (Lipinski definition) is 0. The van der Waals surface area contributed by atoms with Gasteiger partial charge in [0.15, 0.2) is 18.1 Å². The lowest BCUT2D eigenvalue weighted by atomic mass is 10.1. The number of aryl methyl sites for hydroxylation is 1. The molecule has 8 nitrogen and oxygen atoms in total. The summed E-state index contributed by atoms with van der Waals surface area (Å²) in [4.78, 5) is 21.2. The van der Waals surface area contributed by atoms with Gasteiger partial charge in [0, 0.05) is 31.7 Å². The van der Waals surface area contributed by atoms with Gasteiger partial charge in [0.1, 0.15) is 0 Å². The highest BCUT2D eigenvalue weighted by molar-refractivity contribution is 5.78. The molecule has 0 aliphatic carbocycles. The van der Waals surface area contributed by atoms with Gasteiger partial charge in [-0.1, -0.05) is 54.0 Å². The molecule has 0 radical (unpaired) electrons. The highest BCUT2D eigenvalue weighted by Crippen LogP contribution is 2.26. The van der Waals surface area contributed by atoms with Gasteiger partial charge < -0.3 is 18.9 Å². The summed E-state index contributed by atoms with van der Waals surface area (Å²) < 4.78 is 16.9. The Bertz CT molecular complexity index is 1040. The minimum absolute atomic E-state index is 0.00390. The first-order chi connectivity index (χ1) is 16.1. The predicted molar refractivity (Wildman–Crippen MR) is 124 cm³/mol. The van der Waals surface area contributed by atoms with Crippen molar-refractivity contribution in [3.63, 3.8) is 0 Å². The second-order valence-corrected chi connectivity index (χ2v) is 8.12. The Kier molecular flexibility index (Phi) is 7.57. The van der Waals surface area contributed by atoms with Crippen LogP contribution >= 0.6 is 0 Å². The summed E-state index contributed by atoms with van der Waals surface area (Å²) in [5.41, 5.74) is 2.13. The van der Waals surface area contributed by atoms with Crippen LogP contribution in [-0.4, -0.2) is 65.2 Å². The van der Waals surface area contributed by atoms with E-state index in [1.54, 1.807) is 0 Å². The maximum Gasteiger partial charge on any atom is 0.260 e. The molecule has 33 heavy (non-hydrogen) atoms. The number of rotatable bonds is 9. The van der Waals surface area contributed by atoms with Gasteiger partial charge in [0.05, 0.1) is 13.2 Å². The molecule has 0 atom stereocenters. The van der Waals surface area contributed by atoms with Crippen LogP contribution in [0.3, 0.4) is 0 Å². The minimum Gasteiger partial charge on any atom is -0.490 e. The zero-order chi connectivity index (χ0) is 23.0. The minimum atomic E-state index is -0.0283. The van der Waals surface area contributed by atoms with E-state index < -0.39 is 0 Å². The normalized spacial score (nSPS) is 14.3. The van der Waals surface area contributed by atoms with E-state index in [1.165, 1.54) is 5.56 Å². The van der Waals surface area contributed by atoms with E-state index in [0.29, 0.717) is 49.5 Å². The van der Waals surface area contributed by atoms with E-state index in [-0.39, 0.29) is 12.5 Å². The fourth-order valence-corrected chi connectivity index (χ4v) is 3.62. The molecule has 1 aromatic heterocycles. The molecular formula is C25H30N4O4. The van der Waals surface area contributed by atoms with E-state index >= 15 is 0 Å². The monoisotopic (exact) mass is 450 g/mol. The van der Waals surface area contributed by atoms with E-state index in [4.69, 9.17) is 14.0 Å². The molecule has 1 amide bonds. The molecule has 1 aliphatic rings. The number of benzene rings is 2. The van der Waals surface area contributed by atoms with Gasteiger partial charge in [-0.3, -0.25) is 9.69 Å². The predicted octanol–water partition coefficient (Wildman–Crippen LogP) is 3.56. The molecule has 1 fully saturated rings. The summed E-state index contributed by atoms with van der Waals surface area (Å²) in [6, 6.07) is 15.5. The molecule has 1 aliphatic heterocycles. The maximum atomic E-state index is 12.6. The highest BCUT2D eigenvalue weighted by Gasteiger charge is 2.23. The van der Waals surface area contributed by atoms with Gasteiger partial charge in [-0.2, -0.15) is 4.98 Å². The zero-order valence-electron chi connectivity index (χ0n) is 19.2. The maximum absolute atomic E-state index is 12.6. The first kappa shape index (κ1) is 22.8. The van der Waals surface area contributed by atoms with Crippen molar-refractivity contribution >= 4 is 5.91 Å². The molecule has 2 aromatic carbocycles. The molecule has 0 unspecified atom stereocenters. The second kappa shape index (κ2) is 11.0. The standard InChI is InChI=1S/C25H30N4O4/c1-3-16-31-21-6-4-5-7-22(21)32-18-24(30)29-14-12-28(13-15-29)17-23-26-25(27-33-23)20-10-8-19(2)9-11-20/h4-11H,3,12-18H2,1-2H3. The van der Waals surface area contributed by atoms with E-state index in [0.717, 1.165) is 25.1 Å². The van der Waals surface area contributed by atoms with Crippen LogP contribution in [-0.2, 0) is 11.3 Å². The second-order valence-electron chi connectivity index (χ2n) is 8.12. The van der Waals surface area contributed by atoms with Crippen LogP contribution in [0.4, 0.5) is 0 Å². The average Bonchev–Trinajstić information content (AvgIpc) is 3.31. The lowest BCUT2D eigenvalue weighted by molar-refractivity contribution is -0.135. The van der Waals surface area contributed by atoms with Crippen molar-refractivity contribution in [2.75, 3.05) is 39.4 Å². The van der Waals surface area contributed by atoms with Gasteiger partial charge >= 0.3 is 0 Å². The summed E-state index contributed by atoms with van der Waals surface area (Å²) in [5, 5.41) is 4.10. The third-order valence-electron chi connectivity index (χ3n) is 5.52.